The Kier molecular flexibility index (Phi) is 5.39. The first kappa shape index (κ1) is 20.0. The van der Waals surface area contributed by atoms with Gasteiger partial charge in [0.05, 0.1) is 16.3 Å². The van der Waals surface area contributed by atoms with E-state index in [9.17, 15) is 0 Å². The van der Waals surface area contributed by atoms with Crippen molar-refractivity contribution in [2.75, 3.05) is 16.4 Å². The van der Waals surface area contributed by atoms with Crippen LogP contribution in [0.3, 0.4) is 0 Å². The molecule has 0 saturated carbocycles. The van der Waals surface area contributed by atoms with Crippen molar-refractivity contribution in [3.63, 3.8) is 0 Å². The summed E-state index contributed by atoms with van der Waals surface area (Å²) >= 11 is 1.57. The van der Waals surface area contributed by atoms with Crippen molar-refractivity contribution in [2.45, 2.75) is 13.0 Å². The summed E-state index contributed by atoms with van der Waals surface area (Å²) in [4.78, 5) is 13.5. The Bertz CT molecular complexity index is 1310. The van der Waals surface area contributed by atoms with Crippen LogP contribution >= 0.6 is 11.3 Å². The van der Waals surface area contributed by atoms with Crippen LogP contribution in [-0.2, 0) is 0 Å². The topological polar surface area (TPSA) is 88.8 Å². The Balaban J connectivity index is 1.47. The van der Waals surface area contributed by atoms with Crippen molar-refractivity contribution in [3.05, 3.63) is 102 Å². The molecule has 2 aromatic heterocycles. The number of rotatable bonds is 6. The number of nitrogens with one attached hydrogen (secondary N) is 2. The van der Waals surface area contributed by atoms with Crippen LogP contribution in [0, 0.1) is 6.92 Å². The molecular formula is C25H22N6S. The van der Waals surface area contributed by atoms with Gasteiger partial charge in [0.1, 0.15) is 12.0 Å². The standard InChI is InChI=1S/C25H22N6S/c1-16-9-8-14-19-21(16)30-25(32-19)31-24-20(26)23(27-15-28-24)29-22(17-10-4-2-5-11-17)18-12-6-3-7-13-18/h2-15,22H,26H2,1H3,(H2,27,28,29,30,31). The van der Waals surface area contributed by atoms with Crippen molar-refractivity contribution in [1.29, 1.82) is 0 Å². The molecule has 5 rings (SSSR count). The van der Waals surface area contributed by atoms with Crippen LogP contribution < -0.4 is 16.4 Å². The van der Waals surface area contributed by atoms with E-state index in [1.165, 1.54) is 6.33 Å². The number of nitrogen functional groups attached to an aromatic ring is 1. The lowest BCUT2D eigenvalue weighted by Gasteiger charge is -2.21. The number of hydrogen-bond acceptors (Lipinski definition) is 7. The van der Waals surface area contributed by atoms with Gasteiger partial charge in [-0.3, -0.25) is 0 Å². The maximum absolute atomic E-state index is 6.49. The zero-order valence-electron chi connectivity index (χ0n) is 17.5. The van der Waals surface area contributed by atoms with Gasteiger partial charge in [0.2, 0.25) is 0 Å². The van der Waals surface area contributed by atoms with Crippen molar-refractivity contribution >= 4 is 44.0 Å². The fourth-order valence-electron chi connectivity index (χ4n) is 3.64. The number of nitrogens with two attached hydrogens (primary N) is 1. The first-order chi connectivity index (χ1) is 15.7. The molecule has 7 heteroatoms. The van der Waals surface area contributed by atoms with Crippen LogP contribution in [-0.4, -0.2) is 15.0 Å². The summed E-state index contributed by atoms with van der Waals surface area (Å²) in [5.41, 5.74) is 11.3. The van der Waals surface area contributed by atoms with Gasteiger partial charge in [0.15, 0.2) is 16.8 Å². The van der Waals surface area contributed by atoms with Gasteiger partial charge in [-0.1, -0.05) is 84.1 Å². The zero-order chi connectivity index (χ0) is 21.9. The summed E-state index contributed by atoms with van der Waals surface area (Å²) in [7, 11) is 0. The van der Waals surface area contributed by atoms with Crippen molar-refractivity contribution < 1.29 is 0 Å². The summed E-state index contributed by atoms with van der Waals surface area (Å²) in [6.45, 7) is 2.06. The number of fused-ring (bicyclic) bond motifs is 1. The van der Waals surface area contributed by atoms with E-state index in [4.69, 9.17) is 10.7 Å². The lowest BCUT2D eigenvalue weighted by molar-refractivity contribution is 0.924. The van der Waals surface area contributed by atoms with Crippen molar-refractivity contribution in [1.82, 2.24) is 15.0 Å². The molecule has 0 aliphatic rings. The zero-order valence-corrected chi connectivity index (χ0v) is 18.3. The number of thiazole rings is 1. The monoisotopic (exact) mass is 438 g/mol. The van der Waals surface area contributed by atoms with Gasteiger partial charge >= 0.3 is 0 Å². The van der Waals surface area contributed by atoms with E-state index in [2.05, 4.69) is 63.9 Å². The first-order valence-electron chi connectivity index (χ1n) is 10.3. The second-order valence-corrected chi connectivity index (χ2v) is 8.48. The highest BCUT2D eigenvalue weighted by molar-refractivity contribution is 7.22. The molecule has 0 radical (unpaired) electrons. The molecule has 6 nitrogen and oxygen atoms in total. The maximum Gasteiger partial charge on any atom is 0.189 e. The van der Waals surface area contributed by atoms with Crippen LogP contribution in [0.25, 0.3) is 10.2 Å². The van der Waals surface area contributed by atoms with E-state index in [-0.39, 0.29) is 6.04 Å². The average molecular weight is 439 g/mol. The smallest absolute Gasteiger partial charge is 0.189 e. The van der Waals surface area contributed by atoms with E-state index in [1.54, 1.807) is 11.3 Å². The minimum atomic E-state index is -0.104. The molecule has 2 heterocycles. The fourth-order valence-corrected chi connectivity index (χ4v) is 4.58. The third-order valence-corrected chi connectivity index (χ3v) is 6.21. The SMILES string of the molecule is Cc1cccc2sc(Nc3ncnc(NC(c4ccccc4)c4ccccc4)c3N)nc12. The highest BCUT2D eigenvalue weighted by atomic mass is 32.1. The third-order valence-electron chi connectivity index (χ3n) is 5.28. The highest BCUT2D eigenvalue weighted by Gasteiger charge is 2.18. The molecular weight excluding hydrogens is 416 g/mol. The Hall–Kier alpha value is -3.97. The maximum atomic E-state index is 6.49. The lowest BCUT2D eigenvalue weighted by atomic mass is 9.99. The van der Waals surface area contributed by atoms with Crippen molar-refractivity contribution in [2.24, 2.45) is 0 Å². The van der Waals surface area contributed by atoms with Gasteiger partial charge in [-0.05, 0) is 29.7 Å². The molecule has 158 valence electrons. The predicted octanol–water partition coefficient (Wildman–Crippen LogP) is 5.92. The second kappa shape index (κ2) is 8.64. The summed E-state index contributed by atoms with van der Waals surface area (Å²) in [6.07, 6.45) is 1.51. The van der Waals surface area contributed by atoms with E-state index < -0.39 is 0 Å². The molecule has 4 N–H and O–H groups in total. The molecule has 0 aliphatic carbocycles. The second-order valence-electron chi connectivity index (χ2n) is 7.45. The van der Waals surface area contributed by atoms with Crippen LogP contribution in [0.4, 0.5) is 22.5 Å². The van der Waals surface area contributed by atoms with Gasteiger partial charge in [0, 0.05) is 0 Å². The predicted molar refractivity (Wildman–Crippen MR) is 132 cm³/mol. The van der Waals surface area contributed by atoms with E-state index in [0.717, 1.165) is 32.0 Å². The van der Waals surface area contributed by atoms with Gasteiger partial charge in [-0.2, -0.15) is 0 Å². The summed E-state index contributed by atoms with van der Waals surface area (Å²) in [5, 5.41) is 7.53. The molecule has 0 atom stereocenters. The normalized spacial score (nSPS) is 11.1. The van der Waals surface area contributed by atoms with E-state index in [1.807, 2.05) is 42.5 Å². The van der Waals surface area contributed by atoms with Gasteiger partial charge in [-0.15, -0.1) is 0 Å². The minimum Gasteiger partial charge on any atom is -0.393 e. The fraction of sp³-hybridized carbons (Fsp3) is 0.0800. The van der Waals surface area contributed by atoms with Gasteiger partial charge in [0.25, 0.3) is 0 Å². The Morgan fingerprint density at radius 1 is 0.812 bits per heavy atom. The number of para-hydroxylation sites is 1. The van der Waals surface area contributed by atoms with Crippen LogP contribution in [0.15, 0.2) is 85.2 Å². The highest BCUT2D eigenvalue weighted by Crippen LogP contribution is 2.34. The summed E-state index contributed by atoms with van der Waals surface area (Å²) < 4.78 is 1.12. The van der Waals surface area contributed by atoms with Crippen LogP contribution in [0.1, 0.15) is 22.7 Å². The van der Waals surface area contributed by atoms with Gasteiger partial charge in [-0.25, -0.2) is 15.0 Å². The molecule has 3 aromatic carbocycles. The largest absolute Gasteiger partial charge is 0.393 e. The van der Waals surface area contributed by atoms with Crippen LogP contribution in [0.5, 0.6) is 0 Å². The Labute approximate surface area is 190 Å². The number of hydrogen-bond donors (Lipinski definition) is 3. The molecule has 0 fully saturated rings. The van der Waals surface area contributed by atoms with Crippen molar-refractivity contribution in [3.8, 4) is 0 Å². The number of aromatic nitrogens is 3. The minimum absolute atomic E-state index is 0.104. The summed E-state index contributed by atoms with van der Waals surface area (Å²) in [6, 6.07) is 26.5. The third kappa shape index (κ3) is 3.98. The number of nitrogens with zero attached hydrogens (tertiary/aromatic N) is 3. The molecule has 0 unspecified atom stereocenters. The molecule has 0 spiro atoms. The number of anilines is 4. The quantitative estimate of drug-likeness (QED) is 0.305. The first-order valence-corrected chi connectivity index (χ1v) is 11.1. The van der Waals surface area contributed by atoms with E-state index in [0.29, 0.717) is 17.3 Å². The number of benzene rings is 3. The van der Waals surface area contributed by atoms with Crippen LogP contribution in [0.2, 0.25) is 0 Å². The summed E-state index contributed by atoms with van der Waals surface area (Å²) in [5.74, 6) is 1.09. The molecule has 0 aliphatic heterocycles. The number of aryl methyl sites for hydroxylation is 1. The Morgan fingerprint density at radius 3 is 2.12 bits per heavy atom. The van der Waals surface area contributed by atoms with E-state index >= 15 is 0 Å². The molecule has 32 heavy (non-hydrogen) atoms. The molecule has 0 bridgehead atoms. The molecule has 0 amide bonds. The Morgan fingerprint density at radius 2 is 1.47 bits per heavy atom. The molecule has 0 saturated heterocycles. The van der Waals surface area contributed by atoms with Gasteiger partial charge < -0.3 is 16.4 Å². The molecule has 5 aromatic rings. The average Bonchev–Trinajstić information content (AvgIpc) is 3.25. The lowest BCUT2D eigenvalue weighted by Crippen LogP contribution is -2.15.